The van der Waals surface area contributed by atoms with Crippen LogP contribution < -0.4 is 5.32 Å². The van der Waals surface area contributed by atoms with Crippen LogP contribution in [-0.4, -0.2) is 44.7 Å². The van der Waals surface area contributed by atoms with Crippen LogP contribution in [0.2, 0.25) is 0 Å². The first-order valence-corrected chi connectivity index (χ1v) is 9.30. The second-order valence-corrected chi connectivity index (χ2v) is 8.73. The van der Waals surface area contributed by atoms with Crippen molar-refractivity contribution in [1.82, 2.24) is 15.7 Å². The lowest BCUT2D eigenvalue weighted by Gasteiger charge is -2.48. The van der Waals surface area contributed by atoms with Gasteiger partial charge in [0.25, 0.3) is 10.1 Å². The van der Waals surface area contributed by atoms with E-state index in [4.69, 9.17) is 8.71 Å². The first-order valence-electron chi connectivity index (χ1n) is 7.48. The third-order valence-corrected chi connectivity index (χ3v) is 5.10. The number of hydrogen-bond acceptors (Lipinski definition) is 7. The molecule has 0 bridgehead atoms. The lowest BCUT2D eigenvalue weighted by atomic mass is 9.58. The molecule has 0 radical (unpaired) electrons. The number of nitrogens with zero attached hydrogens (tertiary/aromatic N) is 2. The van der Waals surface area contributed by atoms with E-state index in [1.165, 1.54) is 0 Å². The molecule has 1 aromatic heterocycles. The standard InChI is InChI=1S/C14H25N3O4S/c1-13(2,3)11-9-15-7-5-14(11,12-10-16-17-21-12)6-8-20-22(4,18)19/h10-11,15H,5-9H2,1-4H3/t11?,14-/m1/s1. The molecule has 1 fully saturated rings. The van der Waals surface area contributed by atoms with Crippen LogP contribution in [0.25, 0.3) is 0 Å². The smallest absolute Gasteiger partial charge is 0.264 e. The highest BCUT2D eigenvalue weighted by Crippen LogP contribution is 2.48. The summed E-state index contributed by atoms with van der Waals surface area (Å²) in [6.45, 7) is 8.35. The van der Waals surface area contributed by atoms with Crippen LogP contribution in [0, 0.1) is 11.3 Å². The van der Waals surface area contributed by atoms with Gasteiger partial charge in [-0.25, -0.2) is 0 Å². The molecular formula is C14H25N3O4S. The summed E-state index contributed by atoms with van der Waals surface area (Å²) in [7, 11) is -3.45. The van der Waals surface area contributed by atoms with Crippen LogP contribution in [0.5, 0.6) is 0 Å². The number of piperidine rings is 1. The maximum absolute atomic E-state index is 11.3. The van der Waals surface area contributed by atoms with Crippen LogP contribution in [0.3, 0.4) is 0 Å². The normalized spacial score (nSPS) is 27.0. The number of aromatic nitrogens is 2. The lowest BCUT2D eigenvalue weighted by Crippen LogP contribution is -2.53. The molecule has 0 spiro atoms. The average molecular weight is 331 g/mol. The van der Waals surface area contributed by atoms with Gasteiger partial charge in [0.15, 0.2) is 5.76 Å². The molecule has 0 saturated carbocycles. The van der Waals surface area contributed by atoms with E-state index in [0.29, 0.717) is 12.2 Å². The molecule has 7 nitrogen and oxygen atoms in total. The number of hydrogen-bond donors (Lipinski definition) is 1. The van der Waals surface area contributed by atoms with Crippen molar-refractivity contribution in [3.63, 3.8) is 0 Å². The van der Waals surface area contributed by atoms with Crippen LogP contribution in [0.15, 0.2) is 10.7 Å². The Balaban J connectivity index is 2.32. The third kappa shape index (κ3) is 3.85. The summed E-state index contributed by atoms with van der Waals surface area (Å²) in [4.78, 5) is 0. The molecule has 1 unspecified atom stereocenters. The second-order valence-electron chi connectivity index (χ2n) is 7.09. The fourth-order valence-electron chi connectivity index (χ4n) is 3.54. The lowest BCUT2D eigenvalue weighted by molar-refractivity contribution is 0.0482. The molecule has 0 aromatic carbocycles. The molecule has 1 aliphatic rings. The summed E-state index contributed by atoms with van der Waals surface area (Å²) in [6, 6.07) is 0. The summed E-state index contributed by atoms with van der Waals surface area (Å²) in [6.07, 6.45) is 4.10. The number of rotatable bonds is 5. The van der Waals surface area contributed by atoms with Crippen molar-refractivity contribution in [3.8, 4) is 0 Å². The van der Waals surface area contributed by atoms with Crippen LogP contribution in [0.1, 0.15) is 39.4 Å². The first kappa shape index (κ1) is 17.4. The predicted octanol–water partition coefficient (Wildman–Crippen LogP) is 1.33. The van der Waals surface area contributed by atoms with E-state index in [1.54, 1.807) is 6.20 Å². The molecule has 1 N–H and O–H groups in total. The van der Waals surface area contributed by atoms with Crippen LogP contribution in [0.4, 0.5) is 0 Å². The Morgan fingerprint density at radius 3 is 2.77 bits per heavy atom. The molecule has 1 aliphatic heterocycles. The SMILES string of the molecule is CC(C)(C)C1CNCC[C@]1(CCOS(C)(=O)=O)c1cnno1. The van der Waals surface area contributed by atoms with E-state index in [9.17, 15) is 8.42 Å². The monoisotopic (exact) mass is 331 g/mol. The molecule has 2 atom stereocenters. The maximum Gasteiger partial charge on any atom is 0.264 e. The van der Waals surface area contributed by atoms with Crippen molar-refractivity contribution in [1.29, 1.82) is 0 Å². The molecule has 0 aliphatic carbocycles. The van der Waals surface area contributed by atoms with E-state index < -0.39 is 10.1 Å². The Kier molecular flexibility index (Phi) is 4.93. The van der Waals surface area contributed by atoms with Gasteiger partial charge in [-0.1, -0.05) is 20.8 Å². The van der Waals surface area contributed by atoms with E-state index in [1.807, 2.05) is 0 Å². The molecular weight excluding hydrogens is 306 g/mol. The Morgan fingerprint density at radius 1 is 1.50 bits per heavy atom. The third-order valence-electron chi connectivity index (χ3n) is 4.51. The van der Waals surface area contributed by atoms with Gasteiger partial charge in [0.1, 0.15) is 0 Å². The summed E-state index contributed by atoms with van der Waals surface area (Å²) in [5.74, 6) is 0.970. The summed E-state index contributed by atoms with van der Waals surface area (Å²) in [5, 5.41) is 10.9. The van der Waals surface area contributed by atoms with Crippen molar-refractivity contribution in [2.45, 2.75) is 39.0 Å². The van der Waals surface area contributed by atoms with Crippen molar-refractivity contribution in [2.24, 2.45) is 11.3 Å². The first-order chi connectivity index (χ1) is 10.2. The zero-order valence-corrected chi connectivity index (χ0v) is 14.4. The molecule has 126 valence electrons. The summed E-state index contributed by atoms with van der Waals surface area (Å²) < 4.78 is 32.9. The Hall–Kier alpha value is -0.990. The quantitative estimate of drug-likeness (QED) is 0.813. The van der Waals surface area contributed by atoms with Gasteiger partial charge >= 0.3 is 0 Å². The van der Waals surface area contributed by atoms with Gasteiger partial charge in [-0.15, -0.1) is 5.10 Å². The fourth-order valence-corrected chi connectivity index (χ4v) is 3.93. The molecule has 2 heterocycles. The summed E-state index contributed by atoms with van der Waals surface area (Å²) in [5.41, 5.74) is -0.303. The van der Waals surface area contributed by atoms with Crippen LogP contribution in [-0.2, 0) is 19.7 Å². The number of nitrogens with one attached hydrogen (secondary N) is 1. The van der Waals surface area contributed by atoms with Crippen LogP contribution >= 0.6 is 0 Å². The van der Waals surface area contributed by atoms with Crippen molar-refractivity contribution in [2.75, 3.05) is 26.0 Å². The Bertz CT molecular complexity index is 580. The second kappa shape index (κ2) is 6.25. The zero-order chi connectivity index (χ0) is 16.4. The topological polar surface area (TPSA) is 94.3 Å². The van der Waals surface area contributed by atoms with Crippen molar-refractivity contribution < 1.29 is 17.1 Å². The Morgan fingerprint density at radius 2 is 2.23 bits per heavy atom. The minimum absolute atomic E-state index is 0.0191. The van der Waals surface area contributed by atoms with Gasteiger partial charge in [0, 0.05) is 10.7 Å². The molecule has 8 heteroatoms. The van der Waals surface area contributed by atoms with Gasteiger partial charge in [0.2, 0.25) is 0 Å². The zero-order valence-electron chi connectivity index (χ0n) is 13.6. The highest BCUT2D eigenvalue weighted by Gasteiger charge is 2.49. The average Bonchev–Trinajstić information content (AvgIpc) is 2.90. The van der Waals surface area contributed by atoms with Gasteiger partial charge in [-0.2, -0.15) is 8.42 Å². The molecule has 2 rings (SSSR count). The van der Waals surface area contributed by atoms with Crippen molar-refractivity contribution in [3.05, 3.63) is 12.0 Å². The molecule has 1 saturated heterocycles. The minimum Gasteiger partial charge on any atom is -0.342 e. The van der Waals surface area contributed by atoms with E-state index in [0.717, 1.165) is 25.8 Å². The molecule has 22 heavy (non-hydrogen) atoms. The van der Waals surface area contributed by atoms with Gasteiger partial charge < -0.3 is 9.84 Å². The van der Waals surface area contributed by atoms with E-state index >= 15 is 0 Å². The fraction of sp³-hybridized carbons (Fsp3) is 0.857. The summed E-state index contributed by atoms with van der Waals surface area (Å²) >= 11 is 0. The Labute approximate surface area is 131 Å². The van der Waals surface area contributed by atoms with E-state index in [-0.39, 0.29) is 23.4 Å². The molecule has 1 aromatic rings. The van der Waals surface area contributed by atoms with Gasteiger partial charge in [-0.3, -0.25) is 4.18 Å². The van der Waals surface area contributed by atoms with E-state index in [2.05, 4.69) is 36.5 Å². The predicted molar refractivity (Wildman–Crippen MR) is 81.8 cm³/mol. The minimum atomic E-state index is -3.45. The highest BCUT2D eigenvalue weighted by atomic mass is 32.2. The molecule has 0 amide bonds. The highest BCUT2D eigenvalue weighted by molar-refractivity contribution is 7.85. The van der Waals surface area contributed by atoms with Gasteiger partial charge in [0.05, 0.1) is 19.1 Å². The van der Waals surface area contributed by atoms with Gasteiger partial charge in [-0.05, 0) is 37.3 Å². The largest absolute Gasteiger partial charge is 0.342 e. The maximum atomic E-state index is 11.3. The van der Waals surface area contributed by atoms with Crippen molar-refractivity contribution >= 4 is 10.1 Å².